The Morgan fingerprint density at radius 3 is 2.54 bits per heavy atom. The molecule has 0 bridgehead atoms. The molecule has 4 rings (SSSR count). The molecule has 0 radical (unpaired) electrons. The zero-order valence-corrected chi connectivity index (χ0v) is 22.7. The number of nitro groups is 1. The minimum absolute atomic E-state index is 0.249. The van der Waals surface area contributed by atoms with E-state index in [1.54, 1.807) is 30.3 Å². The molecule has 0 aliphatic carbocycles. The molecule has 0 unspecified atom stereocenters. The monoisotopic (exact) mass is 558 g/mol. The van der Waals surface area contributed by atoms with Gasteiger partial charge in [-0.15, -0.1) is 10.2 Å². The smallest absolute Gasteiger partial charge is 0.220 e. The van der Waals surface area contributed by atoms with Gasteiger partial charge in [0, 0.05) is 10.6 Å². The molecule has 1 atom stereocenters. The van der Waals surface area contributed by atoms with E-state index in [-0.39, 0.29) is 18.1 Å². The Morgan fingerprint density at radius 1 is 1.03 bits per heavy atom. The van der Waals surface area contributed by atoms with Crippen molar-refractivity contribution in [3.05, 3.63) is 103 Å². The maximum Gasteiger partial charge on any atom is 0.220 e. The molecule has 0 aliphatic heterocycles. The average molecular weight is 559 g/mol. The molecule has 11 heteroatoms. The molecule has 0 spiro atoms. The second kappa shape index (κ2) is 11.9. The Morgan fingerprint density at radius 2 is 1.84 bits per heavy atom. The zero-order valence-electron chi connectivity index (χ0n) is 20.4. The number of ether oxygens (including phenoxy) is 2. The number of benzene rings is 3. The van der Waals surface area contributed by atoms with E-state index in [0.29, 0.717) is 38.1 Å². The van der Waals surface area contributed by atoms with Crippen molar-refractivity contribution in [2.75, 3.05) is 13.7 Å². The fraction of sp³-hybridized carbons (Fsp3) is 0.231. The van der Waals surface area contributed by atoms with Crippen LogP contribution < -0.4 is 9.47 Å². The third-order valence-corrected chi connectivity index (χ3v) is 7.48. The maximum absolute atomic E-state index is 11.6. The standard InChI is InChI=1S/C26H24Cl2N4O4S/c1-16-5-4-6-20(11-16)32-17(2)29-30-26(32)37-25(14-31(33)34)19-8-10-23(24(13-19)35-3)36-15-18-7-9-21(27)22(28)12-18/h4-13,25H,14-15H2,1-3H3/t25-/m1/s1. The molecule has 4 aromatic rings. The van der Waals surface area contributed by atoms with E-state index < -0.39 is 5.25 Å². The van der Waals surface area contributed by atoms with Crippen molar-refractivity contribution >= 4 is 35.0 Å². The minimum Gasteiger partial charge on any atom is -0.493 e. The van der Waals surface area contributed by atoms with Crippen molar-refractivity contribution in [3.63, 3.8) is 0 Å². The first-order valence-electron chi connectivity index (χ1n) is 11.3. The Labute approximate surface area is 228 Å². The Balaban J connectivity index is 1.60. The highest BCUT2D eigenvalue weighted by Gasteiger charge is 2.25. The van der Waals surface area contributed by atoms with Crippen molar-refractivity contribution in [2.45, 2.75) is 30.9 Å². The number of aryl methyl sites for hydroxylation is 2. The highest BCUT2D eigenvalue weighted by Crippen LogP contribution is 2.39. The number of aromatic nitrogens is 3. The lowest BCUT2D eigenvalue weighted by atomic mass is 10.1. The highest BCUT2D eigenvalue weighted by molar-refractivity contribution is 7.99. The van der Waals surface area contributed by atoms with Crippen molar-refractivity contribution < 1.29 is 14.4 Å². The lowest BCUT2D eigenvalue weighted by molar-refractivity contribution is -0.479. The highest BCUT2D eigenvalue weighted by atomic mass is 35.5. The van der Waals surface area contributed by atoms with Crippen LogP contribution in [0, 0.1) is 24.0 Å². The first-order valence-corrected chi connectivity index (χ1v) is 12.9. The molecular weight excluding hydrogens is 535 g/mol. The Hall–Kier alpha value is -3.27. The first-order chi connectivity index (χ1) is 17.7. The van der Waals surface area contributed by atoms with Gasteiger partial charge in [0.1, 0.15) is 17.7 Å². The summed E-state index contributed by atoms with van der Waals surface area (Å²) in [5.74, 6) is 1.65. The molecule has 1 heterocycles. The molecular formula is C26H24Cl2N4O4S. The van der Waals surface area contributed by atoms with Crippen LogP contribution in [0.5, 0.6) is 11.5 Å². The zero-order chi connectivity index (χ0) is 26.5. The van der Waals surface area contributed by atoms with Crippen LogP contribution in [-0.4, -0.2) is 33.3 Å². The normalized spacial score (nSPS) is 11.8. The molecule has 192 valence electrons. The van der Waals surface area contributed by atoms with Crippen LogP contribution in [0.1, 0.15) is 27.8 Å². The number of thioether (sulfide) groups is 1. The van der Waals surface area contributed by atoms with Crippen LogP contribution in [0.3, 0.4) is 0 Å². The molecule has 0 saturated heterocycles. The fourth-order valence-electron chi connectivity index (χ4n) is 3.75. The SMILES string of the molecule is COc1cc([C@@H](C[N+](=O)[O-])Sc2nnc(C)n2-c2cccc(C)c2)ccc1OCc1ccc(Cl)c(Cl)c1. The summed E-state index contributed by atoms with van der Waals surface area (Å²) in [5.41, 5.74) is 3.53. The summed E-state index contributed by atoms with van der Waals surface area (Å²) in [5, 5.41) is 21.0. The molecule has 1 aromatic heterocycles. The number of hydrogen-bond donors (Lipinski definition) is 0. The van der Waals surface area contributed by atoms with E-state index >= 15 is 0 Å². The van der Waals surface area contributed by atoms with Gasteiger partial charge in [0.05, 0.1) is 17.2 Å². The van der Waals surface area contributed by atoms with Crippen molar-refractivity contribution in [2.24, 2.45) is 0 Å². The molecule has 0 amide bonds. The summed E-state index contributed by atoms with van der Waals surface area (Å²) in [6, 6.07) is 18.5. The van der Waals surface area contributed by atoms with E-state index in [1.165, 1.54) is 18.9 Å². The number of nitrogens with zero attached hydrogens (tertiary/aromatic N) is 4. The summed E-state index contributed by atoms with van der Waals surface area (Å²) in [6.45, 7) is 3.80. The third kappa shape index (κ3) is 6.54. The number of hydrogen-bond acceptors (Lipinski definition) is 7. The van der Waals surface area contributed by atoms with Gasteiger partial charge in [0.25, 0.3) is 0 Å². The largest absolute Gasteiger partial charge is 0.493 e. The third-order valence-electron chi connectivity index (χ3n) is 5.56. The predicted octanol–water partition coefficient (Wildman–Crippen LogP) is 6.89. The van der Waals surface area contributed by atoms with Gasteiger partial charge in [-0.25, -0.2) is 0 Å². The van der Waals surface area contributed by atoms with Gasteiger partial charge in [-0.1, -0.05) is 59.2 Å². The van der Waals surface area contributed by atoms with E-state index in [4.69, 9.17) is 32.7 Å². The molecule has 3 aromatic carbocycles. The number of methoxy groups -OCH3 is 1. The van der Waals surface area contributed by atoms with E-state index in [2.05, 4.69) is 10.2 Å². The maximum atomic E-state index is 11.6. The van der Waals surface area contributed by atoms with Gasteiger partial charge >= 0.3 is 0 Å². The van der Waals surface area contributed by atoms with Crippen molar-refractivity contribution in [3.8, 4) is 17.2 Å². The second-order valence-corrected chi connectivity index (χ2v) is 10.3. The van der Waals surface area contributed by atoms with Crippen LogP contribution in [0.2, 0.25) is 10.0 Å². The van der Waals surface area contributed by atoms with Crippen LogP contribution in [0.4, 0.5) is 0 Å². The quantitative estimate of drug-likeness (QED) is 0.119. The summed E-state index contributed by atoms with van der Waals surface area (Å²) in [4.78, 5) is 11.2. The lowest BCUT2D eigenvalue weighted by Gasteiger charge is -2.17. The average Bonchev–Trinajstić information content (AvgIpc) is 3.23. The van der Waals surface area contributed by atoms with Crippen molar-refractivity contribution in [1.82, 2.24) is 14.8 Å². The summed E-state index contributed by atoms with van der Waals surface area (Å²) >= 11 is 13.4. The van der Waals surface area contributed by atoms with Crippen LogP contribution >= 0.6 is 35.0 Å². The fourth-order valence-corrected chi connectivity index (χ4v) is 5.24. The molecule has 0 fully saturated rings. The summed E-state index contributed by atoms with van der Waals surface area (Å²) < 4.78 is 13.4. The summed E-state index contributed by atoms with van der Waals surface area (Å²) in [6.07, 6.45) is 0. The van der Waals surface area contributed by atoms with E-state index in [0.717, 1.165) is 16.8 Å². The van der Waals surface area contributed by atoms with Gasteiger partial charge in [0.15, 0.2) is 16.7 Å². The van der Waals surface area contributed by atoms with Crippen molar-refractivity contribution in [1.29, 1.82) is 0 Å². The summed E-state index contributed by atoms with van der Waals surface area (Å²) in [7, 11) is 1.53. The number of rotatable bonds is 10. The Kier molecular flexibility index (Phi) is 8.58. The van der Waals surface area contributed by atoms with E-state index in [1.807, 2.05) is 48.7 Å². The first kappa shape index (κ1) is 26.8. The van der Waals surface area contributed by atoms with Crippen LogP contribution in [0.15, 0.2) is 65.8 Å². The molecule has 8 nitrogen and oxygen atoms in total. The minimum atomic E-state index is -0.541. The lowest BCUT2D eigenvalue weighted by Crippen LogP contribution is -2.11. The number of halogens is 2. The van der Waals surface area contributed by atoms with E-state index in [9.17, 15) is 10.1 Å². The Bertz CT molecular complexity index is 1430. The van der Waals surface area contributed by atoms with Gasteiger partial charge in [-0.05, 0) is 66.9 Å². The molecule has 0 saturated carbocycles. The second-order valence-electron chi connectivity index (χ2n) is 8.27. The topological polar surface area (TPSA) is 92.3 Å². The van der Waals surface area contributed by atoms with Gasteiger partial charge in [0.2, 0.25) is 6.54 Å². The predicted molar refractivity (Wildman–Crippen MR) is 145 cm³/mol. The van der Waals surface area contributed by atoms with Crippen LogP contribution in [-0.2, 0) is 6.61 Å². The van der Waals surface area contributed by atoms with Gasteiger partial charge < -0.3 is 9.47 Å². The van der Waals surface area contributed by atoms with Crippen LogP contribution in [0.25, 0.3) is 5.69 Å². The molecule has 0 aliphatic rings. The van der Waals surface area contributed by atoms with Gasteiger partial charge in [-0.2, -0.15) is 0 Å². The molecule has 0 N–H and O–H groups in total. The molecule has 37 heavy (non-hydrogen) atoms. The van der Waals surface area contributed by atoms with Gasteiger partial charge in [-0.3, -0.25) is 14.7 Å².